The number of urea groups is 1. The molecule has 0 bridgehead atoms. The van der Waals surface area contributed by atoms with E-state index in [2.05, 4.69) is 21.0 Å². The van der Waals surface area contributed by atoms with Gasteiger partial charge >= 0.3 is 6.03 Å². The van der Waals surface area contributed by atoms with Gasteiger partial charge in [-0.3, -0.25) is 4.90 Å². The number of nitrogens with zero attached hydrogens (tertiary/aromatic N) is 4. The van der Waals surface area contributed by atoms with Crippen LogP contribution in [0.2, 0.25) is 0 Å². The van der Waals surface area contributed by atoms with Gasteiger partial charge in [0.1, 0.15) is 17.3 Å². The molecule has 8 nitrogen and oxygen atoms in total. The first-order valence-corrected chi connectivity index (χ1v) is 11.2. The zero-order valence-electron chi connectivity index (χ0n) is 18.6. The molecule has 0 radical (unpaired) electrons. The lowest BCUT2D eigenvalue weighted by atomic mass is 10.1. The number of benzene rings is 1. The molecule has 168 valence electrons. The van der Waals surface area contributed by atoms with Crippen LogP contribution < -0.4 is 14.8 Å². The van der Waals surface area contributed by atoms with Gasteiger partial charge in [0.15, 0.2) is 0 Å². The van der Waals surface area contributed by atoms with Gasteiger partial charge in [-0.15, -0.1) is 0 Å². The molecule has 1 aromatic carbocycles. The first-order chi connectivity index (χ1) is 15.2. The van der Waals surface area contributed by atoms with Crippen molar-refractivity contribution in [2.24, 2.45) is 0 Å². The first kappa shape index (κ1) is 21.5. The molecule has 1 fully saturated rings. The van der Waals surface area contributed by atoms with Crippen molar-refractivity contribution >= 4 is 6.03 Å². The van der Waals surface area contributed by atoms with Crippen LogP contribution in [0.25, 0.3) is 0 Å². The predicted molar refractivity (Wildman–Crippen MR) is 119 cm³/mol. The Balaban J connectivity index is 1.21. The van der Waals surface area contributed by atoms with E-state index in [0.29, 0.717) is 6.54 Å². The lowest BCUT2D eigenvalue weighted by molar-refractivity contribution is 0.134. The second kappa shape index (κ2) is 10.0. The third kappa shape index (κ3) is 5.31. The molecule has 2 aliphatic heterocycles. The molecule has 1 saturated heterocycles. The van der Waals surface area contributed by atoms with Crippen molar-refractivity contribution in [1.82, 2.24) is 24.7 Å². The Morgan fingerprint density at radius 1 is 1.10 bits per heavy atom. The SMILES string of the molecule is COc1ccc(OC)c(CN2CCN(C(=O)NCCc3cn4c(n3)CCCC4)CC2)c1. The van der Waals surface area contributed by atoms with Gasteiger partial charge in [-0.25, -0.2) is 9.78 Å². The van der Waals surface area contributed by atoms with E-state index < -0.39 is 0 Å². The Labute approximate surface area is 184 Å². The molecule has 0 unspecified atom stereocenters. The minimum Gasteiger partial charge on any atom is -0.497 e. The normalized spacial score (nSPS) is 16.6. The Bertz CT molecular complexity index is 866. The lowest BCUT2D eigenvalue weighted by Gasteiger charge is -2.35. The van der Waals surface area contributed by atoms with Gasteiger partial charge < -0.3 is 24.3 Å². The van der Waals surface area contributed by atoms with Gasteiger partial charge in [0.2, 0.25) is 0 Å². The summed E-state index contributed by atoms with van der Waals surface area (Å²) in [4.78, 5) is 21.5. The molecule has 2 aliphatic rings. The van der Waals surface area contributed by atoms with E-state index in [0.717, 1.165) is 74.9 Å². The number of aromatic nitrogens is 2. The molecule has 31 heavy (non-hydrogen) atoms. The molecule has 2 aromatic rings. The highest BCUT2D eigenvalue weighted by molar-refractivity contribution is 5.74. The number of nitrogens with one attached hydrogen (secondary N) is 1. The number of hydrogen-bond acceptors (Lipinski definition) is 5. The summed E-state index contributed by atoms with van der Waals surface area (Å²) in [7, 11) is 3.36. The number of carbonyl (C=O) groups excluding carboxylic acids is 1. The molecule has 0 aliphatic carbocycles. The van der Waals surface area contributed by atoms with Gasteiger partial charge in [-0.05, 0) is 31.0 Å². The summed E-state index contributed by atoms with van der Waals surface area (Å²) in [6, 6.07) is 5.88. The number of fused-ring (bicyclic) bond motifs is 1. The van der Waals surface area contributed by atoms with E-state index in [1.54, 1.807) is 14.2 Å². The average Bonchev–Trinajstić information content (AvgIpc) is 3.22. The molecule has 1 N–H and O–H groups in total. The van der Waals surface area contributed by atoms with Crippen LogP contribution in [0.15, 0.2) is 24.4 Å². The standard InChI is InChI=1S/C23H33N5O3/c1-30-20-6-7-21(31-2)18(15-20)16-26-11-13-27(14-12-26)23(29)24-9-8-19-17-28-10-4-3-5-22(28)25-19/h6-7,15,17H,3-5,8-14,16H2,1-2H3,(H,24,29). The Morgan fingerprint density at radius 3 is 2.68 bits per heavy atom. The minimum atomic E-state index is 0.0163. The van der Waals surface area contributed by atoms with Crippen molar-refractivity contribution in [3.63, 3.8) is 0 Å². The second-order valence-corrected chi connectivity index (χ2v) is 8.22. The van der Waals surface area contributed by atoms with Gasteiger partial charge in [-0.1, -0.05) is 0 Å². The summed E-state index contributed by atoms with van der Waals surface area (Å²) in [5, 5.41) is 3.06. The molecule has 0 saturated carbocycles. The maximum absolute atomic E-state index is 12.6. The first-order valence-electron chi connectivity index (χ1n) is 11.2. The lowest BCUT2D eigenvalue weighted by Crippen LogP contribution is -2.51. The number of aryl methyl sites for hydroxylation is 2. The summed E-state index contributed by atoms with van der Waals surface area (Å²) in [6.07, 6.45) is 6.45. The number of hydrogen-bond donors (Lipinski definition) is 1. The number of carbonyl (C=O) groups is 1. The van der Waals surface area contributed by atoms with E-state index in [9.17, 15) is 4.79 Å². The Morgan fingerprint density at radius 2 is 1.94 bits per heavy atom. The summed E-state index contributed by atoms with van der Waals surface area (Å²) in [6.45, 7) is 5.58. The van der Waals surface area contributed by atoms with E-state index in [1.165, 1.54) is 18.7 Å². The fourth-order valence-electron chi connectivity index (χ4n) is 4.36. The van der Waals surface area contributed by atoms with Crippen LogP contribution in [-0.4, -0.2) is 72.3 Å². The Hall–Kier alpha value is -2.74. The van der Waals surface area contributed by atoms with Crippen molar-refractivity contribution in [3.05, 3.63) is 41.5 Å². The van der Waals surface area contributed by atoms with Crippen LogP contribution in [-0.2, 0) is 25.9 Å². The van der Waals surface area contributed by atoms with E-state index in [-0.39, 0.29) is 6.03 Å². The fourth-order valence-corrected chi connectivity index (χ4v) is 4.36. The van der Waals surface area contributed by atoms with E-state index >= 15 is 0 Å². The number of methoxy groups -OCH3 is 2. The number of piperazine rings is 1. The van der Waals surface area contributed by atoms with Crippen LogP contribution >= 0.6 is 0 Å². The fraction of sp³-hybridized carbons (Fsp3) is 0.565. The highest BCUT2D eigenvalue weighted by Crippen LogP contribution is 2.25. The largest absolute Gasteiger partial charge is 0.497 e. The molecule has 2 amide bonds. The Kier molecular flexibility index (Phi) is 6.96. The smallest absolute Gasteiger partial charge is 0.317 e. The maximum atomic E-state index is 12.6. The van der Waals surface area contributed by atoms with Crippen LogP contribution in [0.4, 0.5) is 4.79 Å². The van der Waals surface area contributed by atoms with Gasteiger partial charge in [0, 0.05) is 70.4 Å². The van der Waals surface area contributed by atoms with Gasteiger partial charge in [-0.2, -0.15) is 0 Å². The number of ether oxygens (including phenoxy) is 2. The van der Waals surface area contributed by atoms with E-state index in [1.807, 2.05) is 23.1 Å². The van der Waals surface area contributed by atoms with Crippen molar-refractivity contribution in [2.75, 3.05) is 46.9 Å². The van der Waals surface area contributed by atoms with Crippen LogP contribution in [0.1, 0.15) is 29.9 Å². The molecule has 4 rings (SSSR count). The monoisotopic (exact) mass is 427 g/mol. The molecular weight excluding hydrogens is 394 g/mol. The highest BCUT2D eigenvalue weighted by atomic mass is 16.5. The van der Waals surface area contributed by atoms with Crippen molar-refractivity contribution in [3.8, 4) is 11.5 Å². The third-order valence-corrected chi connectivity index (χ3v) is 6.16. The van der Waals surface area contributed by atoms with E-state index in [4.69, 9.17) is 14.5 Å². The quantitative estimate of drug-likeness (QED) is 0.734. The number of amides is 2. The maximum Gasteiger partial charge on any atom is 0.317 e. The van der Waals surface area contributed by atoms with Crippen LogP contribution in [0, 0.1) is 0 Å². The predicted octanol–water partition coefficient (Wildman–Crippen LogP) is 2.31. The molecule has 8 heteroatoms. The molecule has 0 spiro atoms. The van der Waals surface area contributed by atoms with Crippen LogP contribution in [0.3, 0.4) is 0 Å². The third-order valence-electron chi connectivity index (χ3n) is 6.16. The number of rotatable bonds is 7. The zero-order chi connectivity index (χ0) is 21.6. The minimum absolute atomic E-state index is 0.0163. The average molecular weight is 428 g/mol. The van der Waals surface area contributed by atoms with Crippen molar-refractivity contribution in [1.29, 1.82) is 0 Å². The highest BCUT2D eigenvalue weighted by Gasteiger charge is 2.22. The van der Waals surface area contributed by atoms with Gasteiger partial charge in [0.25, 0.3) is 0 Å². The molecule has 0 atom stereocenters. The summed E-state index contributed by atoms with van der Waals surface area (Å²) in [5.74, 6) is 2.88. The van der Waals surface area contributed by atoms with Crippen LogP contribution in [0.5, 0.6) is 11.5 Å². The molecule has 1 aromatic heterocycles. The van der Waals surface area contributed by atoms with Crippen molar-refractivity contribution in [2.45, 2.75) is 38.8 Å². The summed E-state index contributed by atoms with van der Waals surface area (Å²) >= 11 is 0. The second-order valence-electron chi connectivity index (χ2n) is 8.22. The molecule has 3 heterocycles. The number of imidazole rings is 1. The van der Waals surface area contributed by atoms with Gasteiger partial charge in [0.05, 0.1) is 19.9 Å². The molecular formula is C23H33N5O3. The zero-order valence-corrected chi connectivity index (χ0v) is 18.6. The topological polar surface area (TPSA) is 71.9 Å². The summed E-state index contributed by atoms with van der Waals surface area (Å²) in [5.41, 5.74) is 2.18. The van der Waals surface area contributed by atoms with Crippen molar-refractivity contribution < 1.29 is 14.3 Å². The summed E-state index contributed by atoms with van der Waals surface area (Å²) < 4.78 is 13.1.